The molecule has 3 atom stereocenters. The molecule has 5 heteroatoms. The number of hydrogen-bond acceptors (Lipinski definition) is 5. The molecule has 0 amide bonds. The second-order valence-electron chi connectivity index (χ2n) is 6.85. The molecule has 0 saturated heterocycles. The second kappa shape index (κ2) is 7.92. The molecule has 0 aromatic heterocycles. The van der Waals surface area contributed by atoms with Gasteiger partial charge in [0.25, 0.3) is 0 Å². The molecule has 1 saturated carbocycles. The molecular weight excluding hydrogens is 344 g/mol. The van der Waals surface area contributed by atoms with E-state index in [9.17, 15) is 14.7 Å². The van der Waals surface area contributed by atoms with Gasteiger partial charge in [0.05, 0.1) is 19.3 Å². The van der Waals surface area contributed by atoms with Gasteiger partial charge in [-0.1, -0.05) is 42.5 Å². The molecule has 0 heterocycles. The van der Waals surface area contributed by atoms with E-state index in [1.165, 1.54) is 0 Å². The molecule has 1 aliphatic carbocycles. The first-order valence-electron chi connectivity index (χ1n) is 9.09. The van der Waals surface area contributed by atoms with Crippen LogP contribution in [0.1, 0.15) is 36.8 Å². The normalized spacial score (nSPS) is 25.1. The number of esters is 1. The van der Waals surface area contributed by atoms with Crippen molar-refractivity contribution in [3.63, 3.8) is 0 Å². The van der Waals surface area contributed by atoms with Gasteiger partial charge in [-0.15, -0.1) is 0 Å². The molecule has 27 heavy (non-hydrogen) atoms. The first-order valence-corrected chi connectivity index (χ1v) is 9.09. The average Bonchev–Trinajstić information content (AvgIpc) is 2.68. The highest BCUT2D eigenvalue weighted by molar-refractivity contribution is 6.01. The maximum atomic E-state index is 12.9. The fourth-order valence-electron chi connectivity index (χ4n) is 3.83. The highest BCUT2D eigenvalue weighted by Gasteiger charge is 2.49. The minimum atomic E-state index is -1.31. The van der Waals surface area contributed by atoms with Gasteiger partial charge in [-0.3, -0.25) is 9.59 Å². The van der Waals surface area contributed by atoms with Crippen molar-refractivity contribution in [3.05, 3.63) is 65.7 Å². The Morgan fingerprint density at radius 1 is 1.15 bits per heavy atom. The third kappa shape index (κ3) is 3.88. The third-order valence-corrected chi connectivity index (χ3v) is 5.17. The Labute approximate surface area is 158 Å². The summed E-state index contributed by atoms with van der Waals surface area (Å²) in [6, 6.07) is 16.4. The number of benzene rings is 2. The molecule has 0 bridgehead atoms. The fourth-order valence-corrected chi connectivity index (χ4v) is 3.83. The summed E-state index contributed by atoms with van der Waals surface area (Å²) < 4.78 is 10.3. The smallest absolute Gasteiger partial charge is 0.317 e. The van der Waals surface area contributed by atoms with Crippen LogP contribution in [0.3, 0.4) is 0 Å². The zero-order chi connectivity index (χ0) is 19.4. The number of ether oxygens (including phenoxy) is 2. The molecule has 0 aliphatic heterocycles. The van der Waals surface area contributed by atoms with Gasteiger partial charge in [-0.2, -0.15) is 0 Å². The zero-order valence-electron chi connectivity index (χ0n) is 15.6. The lowest BCUT2D eigenvalue weighted by Gasteiger charge is -2.40. The van der Waals surface area contributed by atoms with Crippen LogP contribution in [0.15, 0.2) is 54.6 Å². The number of aliphatic hydroxyl groups is 1. The molecule has 5 nitrogen and oxygen atoms in total. The van der Waals surface area contributed by atoms with Gasteiger partial charge >= 0.3 is 5.97 Å². The summed E-state index contributed by atoms with van der Waals surface area (Å²) in [6.07, 6.45) is 0.158. The molecule has 1 aliphatic rings. The number of rotatable bonds is 5. The summed E-state index contributed by atoms with van der Waals surface area (Å²) in [5.41, 5.74) is 0.168. The lowest BCUT2D eigenvalue weighted by atomic mass is 9.66. The Morgan fingerprint density at radius 3 is 2.41 bits per heavy atom. The molecule has 0 spiro atoms. The highest BCUT2D eigenvalue weighted by Crippen LogP contribution is 2.46. The zero-order valence-corrected chi connectivity index (χ0v) is 15.6. The van der Waals surface area contributed by atoms with Crippen molar-refractivity contribution in [3.8, 4) is 5.75 Å². The van der Waals surface area contributed by atoms with Crippen LogP contribution in [-0.2, 0) is 19.9 Å². The monoisotopic (exact) mass is 368 g/mol. The van der Waals surface area contributed by atoms with Crippen molar-refractivity contribution in [1.29, 1.82) is 0 Å². The van der Waals surface area contributed by atoms with E-state index >= 15 is 0 Å². The van der Waals surface area contributed by atoms with E-state index in [2.05, 4.69) is 0 Å². The number of hydrogen-bond donors (Lipinski definition) is 1. The predicted octanol–water partition coefficient (Wildman–Crippen LogP) is 3.21. The molecule has 3 unspecified atom stereocenters. The number of carbonyl (C=O) groups excluding carboxylic acids is 2. The Bertz CT molecular complexity index is 799. The summed E-state index contributed by atoms with van der Waals surface area (Å²) in [6.45, 7) is 1.93. The third-order valence-electron chi connectivity index (χ3n) is 5.17. The molecule has 3 rings (SSSR count). The van der Waals surface area contributed by atoms with Gasteiger partial charge in [-0.25, -0.2) is 0 Å². The number of carbonyl (C=O) groups is 2. The molecular formula is C22H24O5. The van der Waals surface area contributed by atoms with E-state index in [4.69, 9.17) is 9.47 Å². The topological polar surface area (TPSA) is 72.8 Å². The van der Waals surface area contributed by atoms with Gasteiger partial charge in [0.1, 0.15) is 11.7 Å². The molecule has 2 aromatic carbocycles. The van der Waals surface area contributed by atoms with Crippen LogP contribution in [0.5, 0.6) is 5.75 Å². The quantitative estimate of drug-likeness (QED) is 0.648. The number of methoxy groups -OCH3 is 1. The van der Waals surface area contributed by atoms with Crippen LogP contribution < -0.4 is 4.74 Å². The van der Waals surface area contributed by atoms with Crippen molar-refractivity contribution in [1.82, 2.24) is 0 Å². The van der Waals surface area contributed by atoms with Crippen molar-refractivity contribution < 1.29 is 24.2 Å². The second-order valence-corrected chi connectivity index (χ2v) is 6.85. The van der Waals surface area contributed by atoms with Gasteiger partial charge in [0.15, 0.2) is 5.78 Å². The summed E-state index contributed by atoms with van der Waals surface area (Å²) in [4.78, 5) is 25.4. The van der Waals surface area contributed by atoms with Crippen LogP contribution in [0.25, 0.3) is 0 Å². The largest absolute Gasteiger partial charge is 0.497 e. The van der Waals surface area contributed by atoms with Crippen molar-refractivity contribution in [2.75, 3.05) is 13.7 Å². The number of ketones is 1. The summed E-state index contributed by atoms with van der Waals surface area (Å²) in [5.74, 6) is -1.53. The van der Waals surface area contributed by atoms with Crippen molar-refractivity contribution >= 4 is 11.8 Å². The predicted molar refractivity (Wildman–Crippen MR) is 100 cm³/mol. The van der Waals surface area contributed by atoms with Gasteiger partial charge in [0, 0.05) is 12.3 Å². The Kier molecular flexibility index (Phi) is 5.61. The maximum absolute atomic E-state index is 12.9. The van der Waals surface area contributed by atoms with Gasteiger partial charge in [0.2, 0.25) is 0 Å². The van der Waals surface area contributed by atoms with E-state index in [-0.39, 0.29) is 25.2 Å². The summed E-state index contributed by atoms with van der Waals surface area (Å²) >= 11 is 0. The average molecular weight is 368 g/mol. The summed E-state index contributed by atoms with van der Waals surface area (Å²) in [7, 11) is 1.58. The standard InChI is InChI=1S/C22H24O5/c1-3-27-21(24)20-18(15-9-11-17(26-2)12-10-15)13-22(25,14-19(20)23)16-7-5-4-6-8-16/h4-12,18,20,25H,3,13-14H2,1-2H3. The molecule has 142 valence electrons. The minimum absolute atomic E-state index is 0.104. The highest BCUT2D eigenvalue weighted by atomic mass is 16.5. The fraction of sp³-hybridized carbons (Fsp3) is 0.364. The minimum Gasteiger partial charge on any atom is -0.497 e. The molecule has 0 radical (unpaired) electrons. The van der Waals surface area contributed by atoms with E-state index in [0.29, 0.717) is 11.3 Å². The maximum Gasteiger partial charge on any atom is 0.317 e. The number of Topliss-reactive ketones (excluding diaryl/α,β-unsaturated/α-hetero) is 1. The Morgan fingerprint density at radius 2 is 1.81 bits per heavy atom. The van der Waals surface area contributed by atoms with Crippen molar-refractivity contribution in [2.24, 2.45) is 5.92 Å². The first-order chi connectivity index (χ1) is 13.0. The van der Waals surface area contributed by atoms with Gasteiger partial charge in [-0.05, 0) is 36.6 Å². The van der Waals surface area contributed by atoms with Crippen LogP contribution in [0, 0.1) is 5.92 Å². The van der Waals surface area contributed by atoms with E-state index < -0.39 is 23.4 Å². The molecule has 1 fully saturated rings. The van der Waals surface area contributed by atoms with Crippen LogP contribution >= 0.6 is 0 Å². The van der Waals surface area contributed by atoms with E-state index in [1.807, 2.05) is 42.5 Å². The van der Waals surface area contributed by atoms with Crippen molar-refractivity contribution in [2.45, 2.75) is 31.3 Å². The first kappa shape index (κ1) is 19.1. The van der Waals surface area contributed by atoms with Crippen LogP contribution in [-0.4, -0.2) is 30.6 Å². The lowest BCUT2D eigenvalue weighted by molar-refractivity contribution is -0.158. The molecule has 1 N–H and O–H groups in total. The summed E-state index contributed by atoms with van der Waals surface area (Å²) in [5, 5.41) is 11.3. The molecule has 2 aromatic rings. The van der Waals surface area contributed by atoms with E-state index in [0.717, 1.165) is 5.56 Å². The van der Waals surface area contributed by atoms with E-state index in [1.54, 1.807) is 26.2 Å². The van der Waals surface area contributed by atoms with Crippen LogP contribution in [0.2, 0.25) is 0 Å². The van der Waals surface area contributed by atoms with Crippen LogP contribution in [0.4, 0.5) is 0 Å². The lowest BCUT2D eigenvalue weighted by Crippen LogP contribution is -2.45. The Balaban J connectivity index is 2.01. The SMILES string of the molecule is CCOC(=O)C1C(=O)CC(O)(c2ccccc2)CC1c1ccc(OC)cc1. The Hall–Kier alpha value is -2.66. The van der Waals surface area contributed by atoms with Gasteiger partial charge < -0.3 is 14.6 Å².